The number of likely N-dealkylation sites (tertiary alicyclic amines) is 1. The molecule has 2 aromatic heterocycles. The summed E-state index contributed by atoms with van der Waals surface area (Å²) in [6.07, 6.45) is 11.7. The van der Waals surface area contributed by atoms with Gasteiger partial charge in [-0.2, -0.15) is 0 Å². The molecule has 0 amide bonds. The van der Waals surface area contributed by atoms with E-state index in [-0.39, 0.29) is 6.04 Å². The lowest BCUT2D eigenvalue weighted by atomic mass is 9.82. The third-order valence-corrected chi connectivity index (χ3v) is 9.32. The molecule has 4 fully saturated rings. The van der Waals surface area contributed by atoms with E-state index in [9.17, 15) is 0 Å². The van der Waals surface area contributed by atoms with Gasteiger partial charge in [-0.15, -0.1) is 0 Å². The zero-order chi connectivity index (χ0) is 23.5. The Morgan fingerprint density at radius 2 is 2.00 bits per heavy atom. The molecule has 35 heavy (non-hydrogen) atoms. The molecule has 1 saturated heterocycles. The summed E-state index contributed by atoms with van der Waals surface area (Å²) in [4.78, 5) is 19.1. The number of nitrogens with one attached hydrogen (secondary N) is 2. The number of para-hydroxylation sites is 1. The molecule has 8 rings (SSSR count). The van der Waals surface area contributed by atoms with E-state index in [0.717, 1.165) is 36.3 Å². The first-order valence-corrected chi connectivity index (χ1v) is 13.9. The fourth-order valence-corrected chi connectivity index (χ4v) is 7.72. The Morgan fingerprint density at radius 3 is 2.77 bits per heavy atom. The van der Waals surface area contributed by atoms with Crippen LogP contribution in [0.1, 0.15) is 68.9 Å². The van der Waals surface area contributed by atoms with Gasteiger partial charge in [0.1, 0.15) is 5.82 Å². The van der Waals surface area contributed by atoms with Crippen molar-refractivity contribution in [2.75, 3.05) is 25.0 Å². The molecule has 3 saturated carbocycles. The van der Waals surface area contributed by atoms with Crippen molar-refractivity contribution in [1.29, 1.82) is 0 Å². The van der Waals surface area contributed by atoms with Gasteiger partial charge in [-0.05, 0) is 75.5 Å². The molecule has 6 heteroatoms. The number of benzene rings is 1. The molecule has 4 heterocycles. The van der Waals surface area contributed by atoms with Crippen LogP contribution < -0.4 is 5.32 Å². The molecule has 5 aliphatic rings. The molecule has 3 aromatic rings. The molecule has 4 atom stereocenters. The maximum atomic E-state index is 5.06. The lowest BCUT2D eigenvalue weighted by molar-refractivity contribution is 0.0693. The smallest absolute Gasteiger partial charge is 0.144 e. The maximum absolute atomic E-state index is 5.06. The summed E-state index contributed by atoms with van der Waals surface area (Å²) in [5.41, 5.74) is 5.15. The Morgan fingerprint density at radius 1 is 1.11 bits per heavy atom. The molecule has 2 N–H and O–H groups in total. The summed E-state index contributed by atoms with van der Waals surface area (Å²) in [5.74, 6) is 2.71. The van der Waals surface area contributed by atoms with Gasteiger partial charge < -0.3 is 15.2 Å². The van der Waals surface area contributed by atoms with E-state index in [0.29, 0.717) is 18.1 Å². The number of fused-ring (bicyclic) bond motifs is 4. The van der Waals surface area contributed by atoms with E-state index < -0.39 is 0 Å². The second-order valence-corrected chi connectivity index (χ2v) is 11.6. The highest BCUT2D eigenvalue weighted by atomic mass is 15.3. The highest BCUT2D eigenvalue weighted by Gasteiger charge is 2.51. The van der Waals surface area contributed by atoms with Gasteiger partial charge in [0.15, 0.2) is 0 Å². The van der Waals surface area contributed by atoms with Crippen LogP contribution in [0.2, 0.25) is 0 Å². The van der Waals surface area contributed by atoms with Crippen molar-refractivity contribution in [1.82, 2.24) is 24.8 Å². The number of anilines is 1. The lowest BCUT2D eigenvalue weighted by Crippen LogP contribution is -2.49. The molecule has 6 nitrogen and oxygen atoms in total. The standard InChI is InChI=1S/C29H38N6/c1-3-9-34-10-8-21(17-34)32-27-16-30-25(15-31-27)29-28-23(22-6-4-5-7-24(22)33-28)11-18(2)35(29)26-14-19-12-20(26)13-19/h4-7,15-16,18-21,26,29,33H,3,8-14,17H2,1-2H3,(H,31,32)/t18-,19?,20?,21+,26-,29-/m1/s1. The molecule has 1 aromatic carbocycles. The summed E-state index contributed by atoms with van der Waals surface area (Å²) in [5, 5.41) is 5.03. The third-order valence-electron chi connectivity index (χ3n) is 9.32. The van der Waals surface area contributed by atoms with Crippen LogP contribution in [0.4, 0.5) is 5.82 Å². The van der Waals surface area contributed by atoms with Gasteiger partial charge in [0, 0.05) is 47.8 Å². The summed E-state index contributed by atoms with van der Waals surface area (Å²) in [7, 11) is 0. The van der Waals surface area contributed by atoms with Crippen molar-refractivity contribution in [2.45, 2.75) is 76.5 Å². The van der Waals surface area contributed by atoms with Crippen molar-refractivity contribution in [3.05, 3.63) is 53.6 Å². The Kier molecular flexibility index (Phi) is 5.36. The molecule has 3 aliphatic carbocycles. The molecule has 0 unspecified atom stereocenters. The SMILES string of the molecule is CCCN1CC[C@H](Nc2cnc([C@@H]3c4[nH]c5ccccc5c4C[C@@H](C)N3[C@@H]3CC4CC3C4)cn2)C1. The van der Waals surface area contributed by atoms with Gasteiger partial charge in [0.05, 0.1) is 24.1 Å². The number of rotatable bonds is 6. The van der Waals surface area contributed by atoms with Crippen molar-refractivity contribution >= 4 is 16.7 Å². The molecular weight excluding hydrogens is 432 g/mol. The van der Waals surface area contributed by atoms with Crippen molar-refractivity contribution in [2.24, 2.45) is 11.8 Å². The summed E-state index contributed by atoms with van der Waals surface area (Å²) >= 11 is 0. The number of aromatic amines is 1. The fourth-order valence-electron chi connectivity index (χ4n) is 7.72. The molecule has 0 spiro atoms. The first kappa shape index (κ1) is 21.8. The lowest BCUT2D eigenvalue weighted by Gasteiger charge is -2.45. The van der Waals surface area contributed by atoms with E-state index in [2.05, 4.69) is 58.2 Å². The largest absolute Gasteiger partial charge is 0.365 e. The monoisotopic (exact) mass is 470 g/mol. The van der Waals surface area contributed by atoms with Crippen LogP contribution in [0.5, 0.6) is 0 Å². The van der Waals surface area contributed by atoms with Crippen LogP contribution in [0.25, 0.3) is 10.9 Å². The van der Waals surface area contributed by atoms with Gasteiger partial charge >= 0.3 is 0 Å². The molecule has 184 valence electrons. The molecule has 2 aliphatic heterocycles. The first-order chi connectivity index (χ1) is 17.2. The Balaban J connectivity index is 1.21. The quantitative estimate of drug-likeness (QED) is 0.532. The minimum atomic E-state index is 0.151. The summed E-state index contributed by atoms with van der Waals surface area (Å²) < 4.78 is 0. The third kappa shape index (κ3) is 3.68. The fraction of sp³-hybridized carbons (Fsp3) is 0.586. The number of hydrogen-bond acceptors (Lipinski definition) is 5. The van der Waals surface area contributed by atoms with Crippen LogP contribution in [0.15, 0.2) is 36.7 Å². The number of hydrogen-bond donors (Lipinski definition) is 2. The van der Waals surface area contributed by atoms with Crippen molar-refractivity contribution in [3.8, 4) is 0 Å². The zero-order valence-electron chi connectivity index (χ0n) is 21.1. The van der Waals surface area contributed by atoms with Gasteiger partial charge in [-0.25, -0.2) is 4.98 Å². The van der Waals surface area contributed by atoms with Crippen LogP contribution in [0.3, 0.4) is 0 Å². The van der Waals surface area contributed by atoms with Gasteiger partial charge in [-0.3, -0.25) is 9.88 Å². The number of nitrogens with zero attached hydrogens (tertiary/aromatic N) is 4. The van der Waals surface area contributed by atoms with E-state index in [1.165, 1.54) is 67.4 Å². The van der Waals surface area contributed by atoms with E-state index in [4.69, 9.17) is 9.97 Å². The van der Waals surface area contributed by atoms with E-state index in [1.807, 2.05) is 12.4 Å². The number of H-pyrrole nitrogens is 1. The summed E-state index contributed by atoms with van der Waals surface area (Å²) in [6, 6.07) is 10.6. The molecular formula is C29H38N6. The zero-order valence-corrected chi connectivity index (χ0v) is 21.1. The average molecular weight is 471 g/mol. The highest BCUT2D eigenvalue weighted by molar-refractivity contribution is 5.85. The molecule has 0 radical (unpaired) electrons. The minimum absolute atomic E-state index is 0.151. The Hall–Kier alpha value is -2.44. The predicted octanol–water partition coefficient (Wildman–Crippen LogP) is 4.99. The Labute approximate surface area is 208 Å². The second-order valence-electron chi connectivity index (χ2n) is 11.6. The minimum Gasteiger partial charge on any atom is -0.365 e. The van der Waals surface area contributed by atoms with Crippen molar-refractivity contribution in [3.63, 3.8) is 0 Å². The van der Waals surface area contributed by atoms with Gasteiger partial charge in [0.25, 0.3) is 0 Å². The Bertz CT molecular complexity index is 1200. The van der Waals surface area contributed by atoms with E-state index >= 15 is 0 Å². The van der Waals surface area contributed by atoms with Gasteiger partial charge in [-0.1, -0.05) is 25.1 Å². The van der Waals surface area contributed by atoms with Crippen LogP contribution >= 0.6 is 0 Å². The first-order valence-electron chi connectivity index (χ1n) is 13.9. The second kappa shape index (κ2) is 8.59. The normalized spacial score (nSPS) is 32.6. The number of aromatic nitrogens is 3. The van der Waals surface area contributed by atoms with Gasteiger partial charge in [0.2, 0.25) is 0 Å². The highest BCUT2D eigenvalue weighted by Crippen LogP contribution is 2.54. The molecule has 2 bridgehead atoms. The average Bonchev–Trinajstić information content (AvgIpc) is 3.62. The predicted molar refractivity (Wildman–Crippen MR) is 141 cm³/mol. The van der Waals surface area contributed by atoms with Crippen molar-refractivity contribution < 1.29 is 0 Å². The van der Waals surface area contributed by atoms with E-state index in [1.54, 1.807) is 0 Å². The maximum Gasteiger partial charge on any atom is 0.144 e. The summed E-state index contributed by atoms with van der Waals surface area (Å²) in [6.45, 7) is 8.16. The topological polar surface area (TPSA) is 60.1 Å². The van der Waals surface area contributed by atoms with Crippen LogP contribution in [-0.4, -0.2) is 62.5 Å². The van der Waals surface area contributed by atoms with Crippen LogP contribution in [-0.2, 0) is 6.42 Å². The van der Waals surface area contributed by atoms with Crippen LogP contribution in [0, 0.1) is 11.8 Å².